The molecule has 0 aliphatic rings. The lowest BCUT2D eigenvalue weighted by molar-refractivity contribution is -0.155. The number of hydrogen-bond acceptors (Lipinski definition) is 6. The Hall–Kier alpha value is -3.00. The average molecular weight is 388 g/mol. The number of nitrogens with one attached hydrogen (secondary N) is 2. The highest BCUT2D eigenvalue weighted by Gasteiger charge is 2.19. The second kappa shape index (κ2) is 9.63. The highest BCUT2D eigenvalue weighted by atomic mass is 32.1. The number of esters is 1. The summed E-state index contributed by atoms with van der Waals surface area (Å²) in [6.45, 7) is 3.28. The number of carbonyl (C=O) groups is 4. The van der Waals surface area contributed by atoms with Crippen molar-refractivity contribution in [3.63, 3.8) is 0 Å². The fourth-order valence-corrected chi connectivity index (χ4v) is 2.95. The van der Waals surface area contributed by atoms with Crippen molar-refractivity contribution in [1.82, 2.24) is 10.9 Å². The summed E-state index contributed by atoms with van der Waals surface area (Å²) in [6, 6.07) is 11.9. The normalized spacial score (nSPS) is 11.3. The molecule has 0 radical (unpaired) electrons. The summed E-state index contributed by atoms with van der Waals surface area (Å²) in [5.74, 6) is -1.96. The molecule has 27 heavy (non-hydrogen) atoms. The quantitative estimate of drug-likeness (QED) is 0.431. The molecule has 0 saturated carbocycles. The molecule has 2 aromatic rings. The summed E-state index contributed by atoms with van der Waals surface area (Å²) in [5.41, 5.74) is 4.82. The van der Waals surface area contributed by atoms with Crippen LogP contribution in [0, 0.1) is 6.92 Å². The highest BCUT2D eigenvalue weighted by molar-refractivity contribution is 7.14. The molecule has 0 bridgehead atoms. The van der Waals surface area contributed by atoms with Gasteiger partial charge in [-0.2, -0.15) is 0 Å². The number of aryl methyl sites for hydroxylation is 1. The first kappa shape index (κ1) is 20.3. The minimum Gasteiger partial charge on any atom is -0.452 e. The van der Waals surface area contributed by atoms with Crippen LogP contribution < -0.4 is 10.9 Å². The molecule has 2 N–H and O–H groups in total. The van der Waals surface area contributed by atoms with Crippen molar-refractivity contribution < 1.29 is 23.9 Å². The molecule has 0 aliphatic heterocycles. The molecule has 0 aliphatic carbocycles. The number of hydrazine groups is 1. The second-order valence-corrected chi connectivity index (χ2v) is 7.06. The first-order valence-corrected chi connectivity index (χ1v) is 9.13. The largest absolute Gasteiger partial charge is 0.452 e. The number of rotatable bonds is 7. The third-order valence-electron chi connectivity index (χ3n) is 3.58. The fraction of sp³-hybridized carbons (Fsp3) is 0.263. The lowest BCUT2D eigenvalue weighted by Gasteiger charge is -2.14. The van der Waals surface area contributed by atoms with Crippen LogP contribution in [0.4, 0.5) is 0 Å². The Bertz CT molecular complexity index is 832. The lowest BCUT2D eigenvalue weighted by Crippen LogP contribution is -2.46. The van der Waals surface area contributed by atoms with E-state index in [4.69, 9.17) is 4.74 Å². The molecule has 0 spiro atoms. The topological polar surface area (TPSA) is 102 Å². The van der Waals surface area contributed by atoms with E-state index in [-0.39, 0.29) is 18.6 Å². The first-order chi connectivity index (χ1) is 12.9. The summed E-state index contributed by atoms with van der Waals surface area (Å²) < 4.78 is 4.99. The van der Waals surface area contributed by atoms with Crippen LogP contribution in [0.15, 0.2) is 42.5 Å². The lowest BCUT2D eigenvalue weighted by atomic mass is 10.2. The minimum absolute atomic E-state index is 0.0118. The van der Waals surface area contributed by atoms with Crippen LogP contribution in [0.1, 0.15) is 44.7 Å². The van der Waals surface area contributed by atoms with Crippen molar-refractivity contribution in [1.29, 1.82) is 0 Å². The number of ketones is 1. The molecular weight excluding hydrogens is 368 g/mol. The van der Waals surface area contributed by atoms with Gasteiger partial charge in [-0.1, -0.05) is 18.2 Å². The van der Waals surface area contributed by atoms with E-state index in [1.165, 1.54) is 18.3 Å². The van der Waals surface area contributed by atoms with E-state index in [1.54, 1.807) is 36.4 Å². The highest BCUT2D eigenvalue weighted by Crippen LogP contribution is 2.17. The number of Topliss-reactive ketones (excluding diaryl/α,β-unsaturated/α-hetero) is 1. The van der Waals surface area contributed by atoms with Crippen LogP contribution in [0.2, 0.25) is 0 Å². The minimum atomic E-state index is -1.10. The number of benzene rings is 1. The van der Waals surface area contributed by atoms with Crippen molar-refractivity contribution in [2.75, 3.05) is 0 Å². The van der Waals surface area contributed by atoms with Crippen LogP contribution in [-0.2, 0) is 14.3 Å². The number of hydrogen-bond donors (Lipinski definition) is 2. The molecular formula is C19H20N2O5S. The molecule has 0 fully saturated rings. The molecule has 7 nitrogen and oxygen atoms in total. The number of carbonyl (C=O) groups excluding carboxylic acids is 4. The third kappa shape index (κ3) is 6.34. The van der Waals surface area contributed by atoms with E-state index >= 15 is 0 Å². The number of thiophene rings is 1. The maximum Gasteiger partial charge on any atom is 0.307 e. The Morgan fingerprint density at radius 2 is 1.70 bits per heavy atom. The van der Waals surface area contributed by atoms with Crippen molar-refractivity contribution in [2.45, 2.75) is 32.8 Å². The smallest absolute Gasteiger partial charge is 0.307 e. The van der Waals surface area contributed by atoms with Gasteiger partial charge >= 0.3 is 5.97 Å². The molecule has 2 rings (SSSR count). The van der Waals surface area contributed by atoms with Gasteiger partial charge in [0.05, 0.1) is 11.3 Å². The summed E-state index contributed by atoms with van der Waals surface area (Å²) in [4.78, 5) is 49.1. The first-order valence-electron chi connectivity index (χ1n) is 8.31. The van der Waals surface area contributed by atoms with Gasteiger partial charge in [-0.15, -0.1) is 11.3 Å². The molecule has 0 saturated heterocycles. The van der Waals surface area contributed by atoms with Crippen LogP contribution in [0.3, 0.4) is 0 Å². The van der Waals surface area contributed by atoms with Crippen LogP contribution in [0.5, 0.6) is 0 Å². The predicted molar refractivity (Wildman–Crippen MR) is 100 cm³/mol. The van der Waals surface area contributed by atoms with Crippen LogP contribution in [-0.4, -0.2) is 29.7 Å². The summed E-state index contributed by atoms with van der Waals surface area (Å²) >= 11 is 1.37. The van der Waals surface area contributed by atoms with E-state index in [2.05, 4.69) is 10.9 Å². The second-order valence-electron chi connectivity index (χ2n) is 5.77. The standard InChI is InChI=1S/C19H20N2O5S/c1-12-8-10-16(27-12)15(22)9-11-17(23)26-13(2)18(24)20-21-19(25)14-6-4-3-5-7-14/h3-8,10,13H,9,11H2,1-2H3,(H,20,24)(H,21,25)/t13-/m1/s1. The van der Waals surface area contributed by atoms with Gasteiger partial charge in [-0.05, 0) is 38.1 Å². The summed E-state index contributed by atoms with van der Waals surface area (Å²) in [7, 11) is 0. The number of amides is 2. The van der Waals surface area contributed by atoms with Gasteiger partial charge in [0.15, 0.2) is 11.9 Å². The van der Waals surface area contributed by atoms with Gasteiger partial charge in [0.1, 0.15) is 0 Å². The molecule has 1 atom stereocenters. The van der Waals surface area contributed by atoms with Crippen molar-refractivity contribution in [2.24, 2.45) is 0 Å². The Balaban J connectivity index is 1.72. The Morgan fingerprint density at radius 3 is 2.33 bits per heavy atom. The SMILES string of the molecule is Cc1ccc(C(=O)CCC(=O)O[C@H](C)C(=O)NNC(=O)c2ccccc2)s1. The van der Waals surface area contributed by atoms with Gasteiger partial charge < -0.3 is 4.74 Å². The molecule has 1 aromatic heterocycles. The van der Waals surface area contributed by atoms with E-state index in [0.717, 1.165) is 4.88 Å². The average Bonchev–Trinajstić information content (AvgIpc) is 3.11. The van der Waals surface area contributed by atoms with Crippen molar-refractivity contribution in [3.8, 4) is 0 Å². The molecule has 1 aromatic carbocycles. The Kier molecular flexibility index (Phi) is 7.25. The van der Waals surface area contributed by atoms with Gasteiger partial charge in [0.2, 0.25) is 0 Å². The molecule has 142 valence electrons. The van der Waals surface area contributed by atoms with Crippen LogP contribution >= 0.6 is 11.3 Å². The summed E-state index contributed by atoms with van der Waals surface area (Å²) in [5, 5.41) is 0. The van der Waals surface area contributed by atoms with Crippen molar-refractivity contribution in [3.05, 3.63) is 57.8 Å². The monoisotopic (exact) mass is 388 g/mol. The molecule has 8 heteroatoms. The van der Waals surface area contributed by atoms with Crippen LogP contribution in [0.25, 0.3) is 0 Å². The van der Waals surface area contributed by atoms with E-state index in [0.29, 0.717) is 10.4 Å². The van der Waals surface area contributed by atoms with Gasteiger partial charge in [0, 0.05) is 16.9 Å². The Labute approximate surface area is 160 Å². The zero-order valence-electron chi connectivity index (χ0n) is 15.0. The van der Waals surface area contributed by atoms with E-state index in [1.807, 2.05) is 13.0 Å². The zero-order chi connectivity index (χ0) is 19.8. The van der Waals surface area contributed by atoms with Gasteiger partial charge in [-0.3, -0.25) is 30.0 Å². The molecule has 0 unspecified atom stereocenters. The van der Waals surface area contributed by atoms with E-state index in [9.17, 15) is 19.2 Å². The maximum absolute atomic E-state index is 12.0. The zero-order valence-corrected chi connectivity index (χ0v) is 15.8. The van der Waals surface area contributed by atoms with Crippen molar-refractivity contribution >= 4 is 34.9 Å². The summed E-state index contributed by atoms with van der Waals surface area (Å²) in [6.07, 6.45) is -1.21. The maximum atomic E-state index is 12.0. The van der Waals surface area contributed by atoms with E-state index < -0.39 is 23.9 Å². The number of ether oxygens (including phenoxy) is 1. The Morgan fingerprint density at radius 1 is 1.00 bits per heavy atom. The van der Waals surface area contributed by atoms with Gasteiger partial charge in [0.25, 0.3) is 11.8 Å². The fourth-order valence-electron chi connectivity index (χ4n) is 2.11. The van der Waals surface area contributed by atoms with Gasteiger partial charge in [-0.25, -0.2) is 0 Å². The predicted octanol–water partition coefficient (Wildman–Crippen LogP) is 2.41. The third-order valence-corrected chi connectivity index (χ3v) is 4.63. The molecule has 2 amide bonds. The molecule has 1 heterocycles.